The number of hydrogen-bond acceptors (Lipinski definition) is 3. The van der Waals surface area contributed by atoms with Gasteiger partial charge in [0.25, 0.3) is 5.56 Å². The monoisotopic (exact) mass is 273 g/mol. The maximum absolute atomic E-state index is 12.1. The fourth-order valence-corrected chi connectivity index (χ4v) is 2.46. The molecule has 3 heteroatoms. The third-order valence-corrected chi connectivity index (χ3v) is 3.52. The lowest BCUT2D eigenvalue weighted by Gasteiger charge is -2.03. The summed E-state index contributed by atoms with van der Waals surface area (Å²) < 4.78 is 5.77. The molecule has 1 heterocycles. The van der Waals surface area contributed by atoms with E-state index in [0.717, 1.165) is 16.3 Å². The van der Waals surface area contributed by atoms with Crippen LogP contribution in [-0.2, 0) is 0 Å². The van der Waals surface area contributed by atoms with Crippen molar-refractivity contribution in [2.45, 2.75) is 0 Å². The second-order valence-electron chi connectivity index (χ2n) is 4.88. The molecule has 4 rings (SSSR count). The molecule has 3 nitrogen and oxygen atoms in total. The highest BCUT2D eigenvalue weighted by atomic mass is 16.3. The Bertz CT molecular complexity index is 1020. The molecule has 21 heavy (non-hydrogen) atoms. The van der Waals surface area contributed by atoms with E-state index in [1.807, 2.05) is 48.5 Å². The molecule has 0 radical (unpaired) electrons. The Labute approximate surface area is 120 Å². The molecule has 0 bridgehead atoms. The number of nitrogens with zero attached hydrogens (tertiary/aromatic N) is 1. The number of benzene rings is 3. The molecule has 0 aliphatic carbocycles. The molecule has 0 spiro atoms. The van der Waals surface area contributed by atoms with Crippen LogP contribution < -0.4 is 5.56 Å². The number of para-hydroxylation sites is 1. The quantitative estimate of drug-likeness (QED) is 0.526. The summed E-state index contributed by atoms with van der Waals surface area (Å²) >= 11 is 0. The van der Waals surface area contributed by atoms with Gasteiger partial charge in [-0.2, -0.15) is 4.98 Å². The van der Waals surface area contributed by atoms with Gasteiger partial charge in [0.15, 0.2) is 0 Å². The Morgan fingerprint density at radius 3 is 2.48 bits per heavy atom. The molecule has 0 N–H and O–H groups in total. The SMILES string of the molecule is O=c1nc(-c2ccc3ccccc3c2)oc2ccccc12. The summed E-state index contributed by atoms with van der Waals surface area (Å²) in [5, 5.41) is 2.74. The van der Waals surface area contributed by atoms with Gasteiger partial charge in [-0.15, -0.1) is 0 Å². The van der Waals surface area contributed by atoms with Gasteiger partial charge in [-0.25, -0.2) is 0 Å². The van der Waals surface area contributed by atoms with Gasteiger partial charge >= 0.3 is 0 Å². The molecule has 0 aliphatic rings. The van der Waals surface area contributed by atoms with Crippen molar-refractivity contribution in [3.8, 4) is 11.5 Å². The molecule has 0 fully saturated rings. The molecule has 1 aromatic heterocycles. The molecular formula is C18H11NO2. The molecular weight excluding hydrogens is 262 g/mol. The molecule has 0 saturated carbocycles. The van der Waals surface area contributed by atoms with E-state index in [1.54, 1.807) is 18.2 Å². The summed E-state index contributed by atoms with van der Waals surface area (Å²) in [4.78, 5) is 16.1. The van der Waals surface area contributed by atoms with E-state index >= 15 is 0 Å². The maximum Gasteiger partial charge on any atom is 0.284 e. The van der Waals surface area contributed by atoms with E-state index in [9.17, 15) is 4.79 Å². The van der Waals surface area contributed by atoms with Gasteiger partial charge in [-0.1, -0.05) is 42.5 Å². The van der Waals surface area contributed by atoms with Crippen molar-refractivity contribution < 1.29 is 4.42 Å². The van der Waals surface area contributed by atoms with Crippen LogP contribution in [0.4, 0.5) is 0 Å². The lowest BCUT2D eigenvalue weighted by molar-refractivity contribution is 0.595. The zero-order valence-electron chi connectivity index (χ0n) is 11.1. The van der Waals surface area contributed by atoms with Gasteiger partial charge in [0.1, 0.15) is 5.58 Å². The van der Waals surface area contributed by atoms with Crippen LogP contribution in [0.3, 0.4) is 0 Å². The van der Waals surface area contributed by atoms with Gasteiger partial charge in [0.05, 0.1) is 5.39 Å². The van der Waals surface area contributed by atoms with E-state index in [4.69, 9.17) is 4.42 Å². The van der Waals surface area contributed by atoms with Gasteiger partial charge < -0.3 is 4.42 Å². The maximum atomic E-state index is 12.1. The predicted molar refractivity (Wildman–Crippen MR) is 83.2 cm³/mol. The van der Waals surface area contributed by atoms with Crippen molar-refractivity contribution in [1.29, 1.82) is 0 Å². The fourth-order valence-electron chi connectivity index (χ4n) is 2.46. The molecule has 3 aromatic carbocycles. The lowest BCUT2D eigenvalue weighted by atomic mass is 10.1. The minimum atomic E-state index is -0.264. The number of aromatic nitrogens is 1. The summed E-state index contributed by atoms with van der Waals surface area (Å²) in [5.74, 6) is 0.351. The first kappa shape index (κ1) is 11.9. The van der Waals surface area contributed by atoms with E-state index in [-0.39, 0.29) is 5.56 Å². The molecule has 0 atom stereocenters. The summed E-state index contributed by atoms with van der Waals surface area (Å²) in [6.45, 7) is 0. The molecule has 100 valence electrons. The van der Waals surface area contributed by atoms with Crippen LogP contribution in [0, 0.1) is 0 Å². The first-order valence-electron chi connectivity index (χ1n) is 6.70. The molecule has 0 amide bonds. The highest BCUT2D eigenvalue weighted by Gasteiger charge is 2.08. The van der Waals surface area contributed by atoms with Gasteiger partial charge in [-0.3, -0.25) is 4.79 Å². The Hall–Kier alpha value is -2.94. The lowest BCUT2D eigenvalue weighted by Crippen LogP contribution is -2.06. The topological polar surface area (TPSA) is 43.1 Å². The third-order valence-electron chi connectivity index (χ3n) is 3.52. The Kier molecular flexibility index (Phi) is 2.57. The first-order chi connectivity index (χ1) is 10.3. The zero-order chi connectivity index (χ0) is 14.2. The van der Waals surface area contributed by atoms with Crippen molar-refractivity contribution in [3.63, 3.8) is 0 Å². The third kappa shape index (κ3) is 1.99. The van der Waals surface area contributed by atoms with Gasteiger partial charge in [-0.05, 0) is 35.0 Å². The molecule has 0 aliphatic heterocycles. The average molecular weight is 273 g/mol. The number of fused-ring (bicyclic) bond motifs is 2. The second kappa shape index (κ2) is 4.56. The highest BCUT2D eigenvalue weighted by Crippen LogP contribution is 2.24. The average Bonchev–Trinajstić information content (AvgIpc) is 2.54. The van der Waals surface area contributed by atoms with Crippen LogP contribution in [0.15, 0.2) is 75.9 Å². The minimum Gasteiger partial charge on any atom is -0.437 e. The largest absolute Gasteiger partial charge is 0.437 e. The molecule has 0 saturated heterocycles. The molecule has 4 aromatic rings. The van der Waals surface area contributed by atoms with E-state index in [1.165, 1.54) is 0 Å². The van der Waals surface area contributed by atoms with Crippen LogP contribution in [0.2, 0.25) is 0 Å². The van der Waals surface area contributed by atoms with Crippen molar-refractivity contribution in [3.05, 3.63) is 77.1 Å². The first-order valence-corrected chi connectivity index (χ1v) is 6.70. The van der Waals surface area contributed by atoms with Crippen molar-refractivity contribution in [2.75, 3.05) is 0 Å². The second-order valence-corrected chi connectivity index (χ2v) is 4.88. The Balaban J connectivity index is 1.97. The zero-order valence-corrected chi connectivity index (χ0v) is 11.1. The van der Waals surface area contributed by atoms with Gasteiger partial charge in [0, 0.05) is 5.56 Å². The van der Waals surface area contributed by atoms with Crippen LogP contribution >= 0.6 is 0 Å². The van der Waals surface area contributed by atoms with E-state index < -0.39 is 0 Å². The van der Waals surface area contributed by atoms with Crippen molar-refractivity contribution in [1.82, 2.24) is 4.98 Å². The minimum absolute atomic E-state index is 0.264. The number of hydrogen-bond donors (Lipinski definition) is 0. The standard InChI is InChI=1S/C18H11NO2/c20-17-15-7-3-4-8-16(15)21-18(19-17)14-10-9-12-5-1-2-6-13(12)11-14/h1-11H. The van der Waals surface area contributed by atoms with Crippen LogP contribution in [-0.4, -0.2) is 4.98 Å². The summed E-state index contributed by atoms with van der Waals surface area (Å²) in [6.07, 6.45) is 0. The van der Waals surface area contributed by atoms with E-state index in [2.05, 4.69) is 4.98 Å². The van der Waals surface area contributed by atoms with Crippen molar-refractivity contribution in [2.24, 2.45) is 0 Å². The predicted octanol–water partition coefficient (Wildman–Crippen LogP) is 4.01. The van der Waals surface area contributed by atoms with Crippen LogP contribution in [0.1, 0.15) is 0 Å². The number of rotatable bonds is 1. The van der Waals surface area contributed by atoms with E-state index in [0.29, 0.717) is 16.9 Å². The summed E-state index contributed by atoms with van der Waals surface area (Å²) in [6, 6.07) is 21.1. The van der Waals surface area contributed by atoms with Crippen molar-refractivity contribution >= 4 is 21.7 Å². The summed E-state index contributed by atoms with van der Waals surface area (Å²) in [7, 11) is 0. The summed E-state index contributed by atoms with van der Waals surface area (Å²) in [5.41, 5.74) is 1.09. The molecule has 0 unspecified atom stereocenters. The normalized spacial score (nSPS) is 11.0. The van der Waals surface area contributed by atoms with Crippen LogP contribution in [0.25, 0.3) is 33.2 Å². The highest BCUT2D eigenvalue weighted by molar-refractivity contribution is 5.86. The Morgan fingerprint density at radius 2 is 1.57 bits per heavy atom. The van der Waals surface area contributed by atoms with Crippen LogP contribution in [0.5, 0.6) is 0 Å². The fraction of sp³-hybridized carbons (Fsp3) is 0. The smallest absolute Gasteiger partial charge is 0.284 e. The Morgan fingerprint density at radius 1 is 0.810 bits per heavy atom. The van der Waals surface area contributed by atoms with Gasteiger partial charge in [0.2, 0.25) is 5.89 Å².